The second kappa shape index (κ2) is 22.9. The maximum atomic E-state index is 13.1. The first kappa shape index (κ1) is 47.8. The number of piperazine rings is 1. The van der Waals surface area contributed by atoms with Crippen molar-refractivity contribution in [3.63, 3.8) is 0 Å². The van der Waals surface area contributed by atoms with Gasteiger partial charge in [-0.25, -0.2) is 34.6 Å². The lowest BCUT2D eigenvalue weighted by molar-refractivity contribution is -0.133. The first-order valence-corrected chi connectivity index (χ1v) is 23.5. The number of oxazole rings is 1. The van der Waals surface area contributed by atoms with Crippen LogP contribution in [0.3, 0.4) is 0 Å². The topological polar surface area (TPSA) is 280 Å². The number of Topliss-reactive ketones (excluding diaryl/α,β-unsaturated/α-hetero) is 1. The summed E-state index contributed by atoms with van der Waals surface area (Å²) >= 11 is 0. The molecule has 2 aromatic carbocycles. The number of nitrogens with zero attached hydrogens (tertiary/aromatic N) is 12. The summed E-state index contributed by atoms with van der Waals surface area (Å²) in [5.74, 6) is 1.66. The highest BCUT2D eigenvalue weighted by atomic mass is 16.6. The van der Waals surface area contributed by atoms with E-state index in [1.54, 1.807) is 30.9 Å². The van der Waals surface area contributed by atoms with Crippen molar-refractivity contribution in [2.24, 2.45) is 5.73 Å². The number of nitrogen functional groups attached to an aromatic ring is 2. The van der Waals surface area contributed by atoms with E-state index in [2.05, 4.69) is 62.9 Å². The Hall–Kier alpha value is -7.24. The van der Waals surface area contributed by atoms with Gasteiger partial charge in [-0.3, -0.25) is 9.59 Å². The van der Waals surface area contributed by atoms with Crippen molar-refractivity contribution in [3.8, 4) is 11.3 Å². The monoisotopic (exact) mass is 955 g/mol. The zero-order valence-corrected chi connectivity index (χ0v) is 38.9. The Labute approximate surface area is 403 Å². The van der Waals surface area contributed by atoms with Crippen molar-refractivity contribution in [2.75, 3.05) is 107 Å². The van der Waals surface area contributed by atoms with E-state index in [1.807, 2.05) is 21.7 Å². The van der Waals surface area contributed by atoms with E-state index in [9.17, 15) is 9.59 Å². The molecule has 22 nitrogen and oxygen atoms in total. The molecule has 0 saturated carbocycles. The van der Waals surface area contributed by atoms with E-state index in [0.717, 1.165) is 54.9 Å². The summed E-state index contributed by atoms with van der Waals surface area (Å²) < 4.78 is 29.8. The molecule has 0 radical (unpaired) electrons. The quantitative estimate of drug-likeness (QED) is 0.0613. The lowest BCUT2D eigenvalue weighted by Gasteiger charge is -2.34. The van der Waals surface area contributed by atoms with Gasteiger partial charge in [-0.1, -0.05) is 18.2 Å². The molecule has 2 aliphatic rings. The lowest BCUT2D eigenvalue weighted by atomic mass is 9.97. The highest BCUT2D eigenvalue weighted by Gasteiger charge is 2.24. The van der Waals surface area contributed by atoms with Crippen LogP contribution in [-0.2, 0) is 49.8 Å². The molecule has 1 amide bonds. The number of aromatic nitrogens is 9. The minimum absolute atomic E-state index is 0.0191. The summed E-state index contributed by atoms with van der Waals surface area (Å²) in [5, 5.41) is 5.59. The maximum Gasteiger partial charge on any atom is 0.292 e. The molecule has 366 valence electrons. The number of carbonyl (C=O) groups excluding carboxylic acids is 2. The van der Waals surface area contributed by atoms with Crippen molar-refractivity contribution >= 4 is 57.6 Å². The highest BCUT2D eigenvalue weighted by Crippen LogP contribution is 2.33. The minimum atomic E-state index is -0.0191. The summed E-state index contributed by atoms with van der Waals surface area (Å²) in [5.41, 5.74) is 25.8. The van der Waals surface area contributed by atoms with E-state index in [4.69, 9.17) is 45.7 Å². The number of ketones is 1. The fourth-order valence-corrected chi connectivity index (χ4v) is 8.44. The Balaban J connectivity index is 0.596. The van der Waals surface area contributed by atoms with Gasteiger partial charge in [0.15, 0.2) is 17.0 Å². The molecule has 6 N–H and O–H groups in total. The maximum absolute atomic E-state index is 13.1. The number of rotatable bonds is 23. The highest BCUT2D eigenvalue weighted by molar-refractivity contribution is 5.99. The predicted octanol–water partition coefficient (Wildman–Crippen LogP) is 3.22. The third-order valence-electron chi connectivity index (χ3n) is 12.2. The van der Waals surface area contributed by atoms with Crippen LogP contribution >= 0.6 is 0 Å². The van der Waals surface area contributed by atoms with Gasteiger partial charge < -0.3 is 55.3 Å². The zero-order chi connectivity index (χ0) is 48.2. The molecule has 0 aliphatic carbocycles. The number of ether oxygens (including phenoxy) is 4. The van der Waals surface area contributed by atoms with Crippen molar-refractivity contribution in [1.29, 1.82) is 0 Å². The Kier molecular flexibility index (Phi) is 15.6. The van der Waals surface area contributed by atoms with Crippen molar-refractivity contribution in [2.45, 2.75) is 45.3 Å². The van der Waals surface area contributed by atoms with Crippen molar-refractivity contribution in [3.05, 3.63) is 95.3 Å². The van der Waals surface area contributed by atoms with E-state index >= 15 is 0 Å². The van der Waals surface area contributed by atoms with Gasteiger partial charge in [0.1, 0.15) is 23.4 Å². The Morgan fingerprint density at radius 2 is 1.36 bits per heavy atom. The van der Waals surface area contributed by atoms with Crippen LogP contribution in [0.15, 0.2) is 71.9 Å². The molecule has 70 heavy (non-hydrogen) atoms. The van der Waals surface area contributed by atoms with E-state index in [1.165, 1.54) is 11.9 Å². The van der Waals surface area contributed by atoms with Gasteiger partial charge in [-0.15, -0.1) is 0 Å². The van der Waals surface area contributed by atoms with Gasteiger partial charge in [0.2, 0.25) is 17.8 Å². The molecule has 0 atom stereocenters. The number of benzene rings is 2. The number of carbonyl (C=O) groups is 2. The first-order chi connectivity index (χ1) is 34.3. The molecular formula is C48H57N15O7. The number of nitrogens with two attached hydrogens (primary N) is 3. The van der Waals surface area contributed by atoms with Crippen molar-refractivity contribution in [1.82, 2.24) is 49.6 Å². The molecule has 1 fully saturated rings. The standard InChI is InChI=1S/C48H57N15O7/c49-24-33-25-52-47(53-26-33)60-10-12-61(13-11-60)48-54-27-37(28-55-48)39(64)2-1-14-66-16-18-68-20-21-69-19-17-67-15-8-41(65)62-9-7-34-22-32(3-4-36(34)30-62)29-63-45-42(44(50)56-31-57-45)43(59-63)35-5-6-40-38(23-35)58-46(51)70-40/h3-6,22-23,25-28,31H,1-2,7-21,24,29-30,49H2,(H2,51,58)(H2,50,56,57). The third-order valence-corrected chi connectivity index (χ3v) is 12.2. The molecule has 5 aromatic heterocycles. The van der Waals surface area contributed by atoms with Gasteiger partial charge in [0.05, 0.1) is 70.2 Å². The van der Waals surface area contributed by atoms with Crippen LogP contribution in [0.5, 0.6) is 0 Å². The molecule has 1 saturated heterocycles. The molecule has 0 bridgehead atoms. The number of fused-ring (bicyclic) bond motifs is 3. The van der Waals surface area contributed by atoms with Crippen LogP contribution in [0, 0.1) is 0 Å². The summed E-state index contributed by atoms with van der Waals surface area (Å²) in [7, 11) is 0. The zero-order valence-electron chi connectivity index (χ0n) is 38.9. The van der Waals surface area contributed by atoms with Gasteiger partial charge in [-0.05, 0) is 47.7 Å². The summed E-state index contributed by atoms with van der Waals surface area (Å²) in [6.07, 6.45) is 10.1. The molecule has 7 heterocycles. The predicted molar refractivity (Wildman–Crippen MR) is 260 cm³/mol. The van der Waals surface area contributed by atoms with Crippen LogP contribution in [0.1, 0.15) is 51.9 Å². The molecule has 0 unspecified atom stereocenters. The van der Waals surface area contributed by atoms with Crippen LogP contribution in [0.25, 0.3) is 33.4 Å². The van der Waals surface area contributed by atoms with E-state index in [0.29, 0.717) is 149 Å². The summed E-state index contributed by atoms with van der Waals surface area (Å²) in [4.78, 5) is 62.7. The largest absolute Gasteiger partial charge is 0.424 e. The molecule has 7 aromatic rings. The van der Waals surface area contributed by atoms with Gasteiger partial charge in [0, 0.05) is 94.8 Å². The second-order valence-electron chi connectivity index (χ2n) is 16.9. The Bertz CT molecular complexity index is 2870. The fraction of sp³-hybridized carbons (Fsp3) is 0.417. The van der Waals surface area contributed by atoms with Crippen molar-refractivity contribution < 1.29 is 33.0 Å². The summed E-state index contributed by atoms with van der Waals surface area (Å²) in [6, 6.07) is 12.0. The third kappa shape index (κ3) is 11.8. The Morgan fingerprint density at radius 3 is 2.06 bits per heavy atom. The molecular weight excluding hydrogens is 899 g/mol. The van der Waals surface area contributed by atoms with Crippen LogP contribution in [0.2, 0.25) is 0 Å². The first-order valence-electron chi connectivity index (χ1n) is 23.5. The fourth-order valence-electron chi connectivity index (χ4n) is 8.44. The number of hydrogen-bond donors (Lipinski definition) is 3. The smallest absolute Gasteiger partial charge is 0.292 e. The average Bonchev–Trinajstić information content (AvgIpc) is 3.96. The van der Waals surface area contributed by atoms with Crippen LogP contribution < -0.4 is 27.0 Å². The molecule has 2 aliphatic heterocycles. The lowest BCUT2D eigenvalue weighted by Crippen LogP contribution is -2.47. The van der Waals surface area contributed by atoms with Crippen LogP contribution in [-0.4, -0.2) is 147 Å². The molecule has 9 rings (SSSR count). The van der Waals surface area contributed by atoms with Gasteiger partial charge >= 0.3 is 0 Å². The van der Waals surface area contributed by atoms with E-state index < -0.39 is 0 Å². The second-order valence-corrected chi connectivity index (χ2v) is 16.9. The molecule has 0 spiro atoms. The van der Waals surface area contributed by atoms with Gasteiger partial charge in [-0.2, -0.15) is 10.1 Å². The number of amides is 1. The molecule has 22 heteroatoms. The summed E-state index contributed by atoms with van der Waals surface area (Å²) in [6.45, 7) is 8.22. The van der Waals surface area contributed by atoms with E-state index in [-0.39, 0.29) is 17.7 Å². The SMILES string of the molecule is NCc1cnc(N2CCN(c3ncc(C(=O)CCCOCCOCCOCCOCCC(=O)N4CCc5cc(Cn6nc(-c7ccc8oc(N)nc8c7)c7c(N)ncnc76)ccc5C4)cn3)CC2)nc1. The average molecular weight is 956 g/mol. The van der Waals surface area contributed by atoms with Gasteiger partial charge in [0.25, 0.3) is 6.01 Å². The number of hydrogen-bond acceptors (Lipinski definition) is 20. The van der Waals surface area contributed by atoms with Crippen LogP contribution in [0.4, 0.5) is 23.7 Å². The normalized spacial score (nSPS) is 13.9. The number of anilines is 4. The Morgan fingerprint density at radius 1 is 0.686 bits per heavy atom. The minimum Gasteiger partial charge on any atom is -0.424 e.